The number of aryl methyl sites for hydroxylation is 1. The molecule has 1 amide bonds. The molecule has 2 aliphatic rings. The Kier molecular flexibility index (Phi) is 3.83. The van der Waals surface area contributed by atoms with Crippen LogP contribution in [-0.2, 0) is 17.6 Å². The van der Waals surface area contributed by atoms with Gasteiger partial charge in [0.05, 0.1) is 18.4 Å². The predicted molar refractivity (Wildman–Crippen MR) is 99.1 cm³/mol. The summed E-state index contributed by atoms with van der Waals surface area (Å²) in [5.41, 5.74) is 2.38. The highest BCUT2D eigenvalue weighted by Crippen LogP contribution is 2.39. The molecule has 1 aromatic carbocycles. The van der Waals surface area contributed by atoms with Crippen molar-refractivity contribution >= 4 is 28.9 Å². The monoisotopic (exact) mass is 398 g/mol. The van der Waals surface area contributed by atoms with E-state index in [-0.39, 0.29) is 23.7 Å². The fourth-order valence-corrected chi connectivity index (χ4v) is 4.29. The number of fused-ring (bicyclic) bond motifs is 4. The molecule has 3 aromatic rings. The van der Waals surface area contributed by atoms with Crippen LogP contribution in [0.4, 0.5) is 5.69 Å². The Morgan fingerprint density at radius 1 is 1.21 bits per heavy atom. The van der Waals surface area contributed by atoms with Crippen LogP contribution in [0.15, 0.2) is 28.1 Å². The number of esters is 1. The van der Waals surface area contributed by atoms with E-state index in [0.29, 0.717) is 23.7 Å². The third-order valence-electron chi connectivity index (χ3n) is 4.76. The first-order chi connectivity index (χ1) is 13.7. The maximum atomic E-state index is 12.9. The number of anilines is 1. The van der Waals surface area contributed by atoms with Gasteiger partial charge in [-0.3, -0.25) is 4.79 Å². The summed E-state index contributed by atoms with van der Waals surface area (Å²) in [7, 11) is 1.27. The zero-order valence-corrected chi connectivity index (χ0v) is 15.6. The average molecular weight is 398 g/mol. The highest BCUT2D eigenvalue weighted by Gasteiger charge is 2.29. The van der Waals surface area contributed by atoms with Crippen molar-refractivity contribution in [1.82, 2.24) is 5.16 Å². The Hall–Kier alpha value is -3.33. The number of hydrogen-bond donors (Lipinski definition) is 1. The van der Waals surface area contributed by atoms with Gasteiger partial charge in [0.25, 0.3) is 5.91 Å². The minimum atomic E-state index is -0.598. The van der Waals surface area contributed by atoms with Gasteiger partial charge in [-0.05, 0) is 24.3 Å². The van der Waals surface area contributed by atoms with Crippen LogP contribution in [0.2, 0.25) is 0 Å². The van der Waals surface area contributed by atoms with Crippen molar-refractivity contribution in [2.24, 2.45) is 0 Å². The predicted octanol–water partition coefficient (Wildman–Crippen LogP) is 3.27. The molecule has 5 rings (SSSR count). The number of hydrogen-bond acceptors (Lipinski definition) is 8. The maximum absolute atomic E-state index is 12.9. The molecule has 8 nitrogen and oxygen atoms in total. The quantitative estimate of drug-likeness (QED) is 0.676. The van der Waals surface area contributed by atoms with E-state index in [4.69, 9.17) is 18.7 Å². The standard InChI is InChI=1S/C19H14N2O6S/c1-24-19(23)11-6-13-14(26-8-25-13)7-12(11)20-18(22)16-10-2-3-15-9(4-5-28-15)17(10)27-21-16/h4-7H,2-3,8H2,1H3,(H,20,22). The second-order valence-corrected chi connectivity index (χ2v) is 7.29. The molecule has 9 heteroatoms. The number of rotatable bonds is 3. The van der Waals surface area contributed by atoms with Crippen molar-refractivity contribution in [3.63, 3.8) is 0 Å². The summed E-state index contributed by atoms with van der Waals surface area (Å²) in [5, 5.41) is 8.71. The largest absolute Gasteiger partial charge is 0.465 e. The molecular weight excluding hydrogens is 384 g/mol. The van der Waals surface area contributed by atoms with E-state index in [1.807, 2.05) is 11.4 Å². The normalized spacial score (nSPS) is 13.6. The lowest BCUT2D eigenvalue weighted by atomic mass is 9.95. The molecule has 1 aliphatic carbocycles. The van der Waals surface area contributed by atoms with Gasteiger partial charge in [-0.15, -0.1) is 11.3 Å². The first kappa shape index (κ1) is 16.8. The molecule has 0 saturated carbocycles. The van der Waals surface area contributed by atoms with Crippen LogP contribution in [0, 0.1) is 0 Å². The van der Waals surface area contributed by atoms with Gasteiger partial charge in [0.1, 0.15) is 0 Å². The van der Waals surface area contributed by atoms with Crippen molar-refractivity contribution in [2.45, 2.75) is 12.8 Å². The lowest BCUT2D eigenvalue weighted by Crippen LogP contribution is -2.18. The fourth-order valence-electron chi connectivity index (χ4n) is 3.41. The molecule has 0 unspecified atom stereocenters. The molecule has 142 valence electrons. The van der Waals surface area contributed by atoms with Gasteiger partial charge in [0.2, 0.25) is 6.79 Å². The number of benzene rings is 1. The van der Waals surface area contributed by atoms with Gasteiger partial charge in [0.15, 0.2) is 23.0 Å². The number of thiophene rings is 1. The number of methoxy groups -OCH3 is 1. The Labute approximate surface area is 163 Å². The topological polar surface area (TPSA) is 99.9 Å². The Balaban J connectivity index is 1.50. The molecule has 0 atom stereocenters. The Morgan fingerprint density at radius 2 is 2.04 bits per heavy atom. The summed E-state index contributed by atoms with van der Waals surface area (Å²) in [6, 6.07) is 4.99. The Bertz CT molecular complexity index is 1120. The van der Waals surface area contributed by atoms with E-state index in [0.717, 1.165) is 17.5 Å². The molecule has 28 heavy (non-hydrogen) atoms. The van der Waals surface area contributed by atoms with E-state index in [9.17, 15) is 9.59 Å². The van der Waals surface area contributed by atoms with Crippen LogP contribution in [0.3, 0.4) is 0 Å². The maximum Gasteiger partial charge on any atom is 0.340 e. The minimum absolute atomic E-state index is 0.0487. The van der Waals surface area contributed by atoms with E-state index in [2.05, 4.69) is 10.5 Å². The SMILES string of the molecule is COC(=O)c1cc2c(cc1NC(=O)c1noc3c1CCc1sccc1-3)OCO2. The summed E-state index contributed by atoms with van der Waals surface area (Å²) in [6.45, 7) is 0.0487. The van der Waals surface area contributed by atoms with Crippen LogP contribution in [0.25, 0.3) is 11.3 Å². The summed E-state index contributed by atoms with van der Waals surface area (Å²) in [6.07, 6.45) is 1.50. The molecule has 3 heterocycles. The summed E-state index contributed by atoms with van der Waals surface area (Å²) in [4.78, 5) is 26.3. The fraction of sp³-hybridized carbons (Fsp3) is 0.211. The number of ether oxygens (including phenoxy) is 3. The van der Waals surface area contributed by atoms with Crippen LogP contribution >= 0.6 is 11.3 Å². The van der Waals surface area contributed by atoms with Crippen molar-refractivity contribution < 1.29 is 28.3 Å². The van der Waals surface area contributed by atoms with Gasteiger partial charge >= 0.3 is 5.97 Å². The van der Waals surface area contributed by atoms with E-state index in [1.165, 1.54) is 24.1 Å². The molecule has 0 saturated heterocycles. The molecule has 0 spiro atoms. The number of aromatic nitrogens is 1. The third-order valence-corrected chi connectivity index (χ3v) is 5.74. The van der Waals surface area contributed by atoms with Crippen molar-refractivity contribution in [3.8, 4) is 22.8 Å². The zero-order valence-electron chi connectivity index (χ0n) is 14.7. The molecule has 0 radical (unpaired) electrons. The lowest BCUT2D eigenvalue weighted by molar-refractivity contribution is 0.0601. The number of carbonyl (C=O) groups excluding carboxylic acids is 2. The first-order valence-electron chi connectivity index (χ1n) is 8.54. The third kappa shape index (κ3) is 2.55. The van der Waals surface area contributed by atoms with Crippen LogP contribution < -0.4 is 14.8 Å². The van der Waals surface area contributed by atoms with Gasteiger partial charge in [-0.25, -0.2) is 4.79 Å². The first-order valence-corrected chi connectivity index (χ1v) is 9.42. The van der Waals surface area contributed by atoms with Crippen molar-refractivity contribution in [2.75, 3.05) is 19.2 Å². The van der Waals surface area contributed by atoms with Crippen molar-refractivity contribution in [3.05, 3.63) is 45.3 Å². The summed E-state index contributed by atoms with van der Waals surface area (Å²) >= 11 is 1.66. The van der Waals surface area contributed by atoms with E-state index in [1.54, 1.807) is 11.3 Å². The highest BCUT2D eigenvalue weighted by atomic mass is 32.1. The smallest absolute Gasteiger partial charge is 0.340 e. The molecule has 1 aliphatic heterocycles. The summed E-state index contributed by atoms with van der Waals surface area (Å²) < 4.78 is 20.9. The lowest BCUT2D eigenvalue weighted by Gasteiger charge is -2.12. The van der Waals surface area contributed by atoms with E-state index < -0.39 is 11.9 Å². The van der Waals surface area contributed by atoms with Crippen LogP contribution in [-0.4, -0.2) is 30.9 Å². The number of carbonyl (C=O) groups is 2. The average Bonchev–Trinajstić information content (AvgIpc) is 3.43. The highest BCUT2D eigenvalue weighted by molar-refractivity contribution is 7.10. The second-order valence-electron chi connectivity index (χ2n) is 6.29. The minimum Gasteiger partial charge on any atom is -0.465 e. The zero-order chi connectivity index (χ0) is 19.3. The number of amides is 1. The Morgan fingerprint density at radius 3 is 2.86 bits per heavy atom. The summed E-state index contributed by atoms with van der Waals surface area (Å²) in [5.74, 6) is 0.424. The molecule has 0 fully saturated rings. The number of nitrogens with zero attached hydrogens (tertiary/aromatic N) is 1. The van der Waals surface area contributed by atoms with Crippen LogP contribution in [0.5, 0.6) is 11.5 Å². The molecule has 2 aromatic heterocycles. The van der Waals surface area contributed by atoms with Gasteiger partial charge in [-0.2, -0.15) is 0 Å². The van der Waals surface area contributed by atoms with Gasteiger partial charge in [-0.1, -0.05) is 5.16 Å². The number of nitrogens with one attached hydrogen (secondary N) is 1. The van der Waals surface area contributed by atoms with Crippen LogP contribution in [0.1, 0.15) is 31.3 Å². The van der Waals surface area contributed by atoms with Gasteiger partial charge < -0.3 is 24.1 Å². The molecule has 1 N–H and O–H groups in total. The van der Waals surface area contributed by atoms with E-state index >= 15 is 0 Å². The second kappa shape index (κ2) is 6.38. The molecule has 0 bridgehead atoms. The molecular formula is C19H14N2O6S. The van der Waals surface area contributed by atoms with Crippen molar-refractivity contribution in [1.29, 1.82) is 0 Å². The van der Waals surface area contributed by atoms with Gasteiger partial charge in [0, 0.05) is 28.1 Å².